The van der Waals surface area contributed by atoms with Crippen molar-refractivity contribution >= 4 is 33.2 Å². The molecule has 0 fully saturated rings. The van der Waals surface area contributed by atoms with E-state index in [0.717, 1.165) is 6.07 Å². The summed E-state index contributed by atoms with van der Waals surface area (Å²) in [6, 6.07) is 8.15. The highest BCUT2D eigenvalue weighted by atomic mass is 32.2. The van der Waals surface area contributed by atoms with Crippen LogP contribution in [0.15, 0.2) is 47.4 Å². The molecule has 0 saturated carbocycles. The van der Waals surface area contributed by atoms with Gasteiger partial charge in [-0.05, 0) is 44.2 Å². The quantitative estimate of drug-likeness (QED) is 0.464. The second-order valence-electron chi connectivity index (χ2n) is 5.99. The molecule has 2 amide bonds. The van der Waals surface area contributed by atoms with Crippen LogP contribution in [-0.2, 0) is 14.8 Å². The van der Waals surface area contributed by atoms with E-state index < -0.39 is 32.8 Å². The van der Waals surface area contributed by atoms with Crippen molar-refractivity contribution in [3.05, 3.63) is 63.7 Å². The van der Waals surface area contributed by atoms with Gasteiger partial charge in [0.25, 0.3) is 21.6 Å². The van der Waals surface area contributed by atoms with E-state index in [1.54, 1.807) is 0 Å². The first-order valence-electron chi connectivity index (χ1n) is 7.99. The van der Waals surface area contributed by atoms with E-state index in [-0.39, 0.29) is 21.8 Å². The molecule has 0 saturated heterocycles. The summed E-state index contributed by atoms with van der Waals surface area (Å²) in [4.78, 5) is 33.1. The number of benzene rings is 2. The van der Waals surface area contributed by atoms with Crippen molar-refractivity contribution in [1.82, 2.24) is 5.32 Å². The maximum absolute atomic E-state index is 12.5. The third-order valence-corrected chi connectivity index (χ3v) is 5.24. The van der Waals surface area contributed by atoms with Gasteiger partial charge in [-0.15, -0.1) is 0 Å². The Bertz CT molecular complexity index is 1030. The zero-order valence-electron chi connectivity index (χ0n) is 15.0. The number of primary amides is 1. The first-order valence-corrected chi connectivity index (χ1v) is 9.47. The second kappa shape index (κ2) is 8.05. The summed E-state index contributed by atoms with van der Waals surface area (Å²) in [5.41, 5.74) is 5.46. The van der Waals surface area contributed by atoms with Crippen LogP contribution in [0.1, 0.15) is 22.8 Å². The van der Waals surface area contributed by atoms with Crippen LogP contribution >= 0.6 is 0 Å². The molecule has 0 aliphatic rings. The lowest BCUT2D eigenvalue weighted by Crippen LogP contribution is -2.42. The fraction of sp³-hybridized carbons (Fsp3) is 0.176. The number of nitrogens with zero attached hydrogens (tertiary/aromatic N) is 1. The largest absolute Gasteiger partial charge is 0.368 e. The first-order chi connectivity index (χ1) is 13.0. The minimum absolute atomic E-state index is 0.155. The van der Waals surface area contributed by atoms with E-state index >= 15 is 0 Å². The van der Waals surface area contributed by atoms with Gasteiger partial charge in [0, 0.05) is 22.9 Å². The van der Waals surface area contributed by atoms with E-state index in [0.29, 0.717) is 5.56 Å². The fourth-order valence-electron chi connectivity index (χ4n) is 2.21. The molecule has 1 atom stereocenters. The van der Waals surface area contributed by atoms with Gasteiger partial charge in [0.15, 0.2) is 0 Å². The van der Waals surface area contributed by atoms with Crippen LogP contribution in [0.2, 0.25) is 0 Å². The Morgan fingerprint density at radius 2 is 1.75 bits per heavy atom. The smallest absolute Gasteiger partial charge is 0.273 e. The van der Waals surface area contributed by atoms with Crippen LogP contribution in [0.5, 0.6) is 0 Å². The predicted octanol–water partition coefficient (Wildman–Crippen LogP) is 1.31. The third kappa shape index (κ3) is 4.82. The summed E-state index contributed by atoms with van der Waals surface area (Å²) in [5, 5.41) is 13.4. The number of amides is 2. The van der Waals surface area contributed by atoms with Crippen molar-refractivity contribution in [3.8, 4) is 0 Å². The van der Waals surface area contributed by atoms with Crippen LogP contribution in [0.4, 0.5) is 11.4 Å². The van der Waals surface area contributed by atoms with Gasteiger partial charge in [0.1, 0.15) is 6.04 Å². The molecule has 11 heteroatoms. The molecule has 2 aromatic rings. The number of sulfonamides is 1. The van der Waals surface area contributed by atoms with Crippen LogP contribution in [0.3, 0.4) is 0 Å². The molecule has 2 aromatic carbocycles. The maximum Gasteiger partial charge on any atom is 0.273 e. The molecule has 148 valence electrons. The predicted molar refractivity (Wildman–Crippen MR) is 101 cm³/mol. The number of carbonyl (C=O) groups is 2. The van der Waals surface area contributed by atoms with Crippen LogP contribution in [0, 0.1) is 17.0 Å². The Labute approximate surface area is 160 Å². The van der Waals surface area contributed by atoms with Crippen molar-refractivity contribution in [2.24, 2.45) is 5.73 Å². The molecule has 28 heavy (non-hydrogen) atoms. The van der Waals surface area contributed by atoms with Crippen LogP contribution < -0.4 is 15.8 Å². The highest BCUT2D eigenvalue weighted by molar-refractivity contribution is 7.92. The monoisotopic (exact) mass is 406 g/mol. The molecule has 2 rings (SSSR count). The van der Waals surface area contributed by atoms with Crippen molar-refractivity contribution in [1.29, 1.82) is 0 Å². The summed E-state index contributed by atoms with van der Waals surface area (Å²) in [5.74, 6) is -1.24. The number of nitrogens with two attached hydrogens (primary N) is 1. The van der Waals surface area contributed by atoms with Gasteiger partial charge in [-0.1, -0.05) is 6.07 Å². The van der Waals surface area contributed by atoms with E-state index in [1.165, 1.54) is 50.2 Å². The Hall–Kier alpha value is -3.47. The Morgan fingerprint density at radius 3 is 2.29 bits per heavy atom. The molecule has 0 unspecified atom stereocenters. The molecule has 4 N–H and O–H groups in total. The lowest BCUT2D eigenvalue weighted by Gasteiger charge is -2.11. The van der Waals surface area contributed by atoms with Crippen LogP contribution in [-0.4, -0.2) is 31.2 Å². The number of carbonyl (C=O) groups excluding carboxylic acids is 2. The molecule has 0 spiro atoms. The number of nitro benzene ring substituents is 1. The van der Waals surface area contributed by atoms with E-state index in [4.69, 9.17) is 5.73 Å². The Balaban J connectivity index is 2.19. The summed E-state index contributed by atoms with van der Waals surface area (Å²) >= 11 is 0. The number of nitrogens with one attached hydrogen (secondary N) is 2. The molecule has 0 bridgehead atoms. The lowest BCUT2D eigenvalue weighted by molar-refractivity contribution is -0.385. The molecule has 0 aromatic heterocycles. The first kappa shape index (κ1) is 20.8. The second-order valence-corrected chi connectivity index (χ2v) is 7.67. The van der Waals surface area contributed by atoms with E-state index in [2.05, 4.69) is 10.0 Å². The normalized spacial score (nSPS) is 12.1. The number of nitro groups is 1. The van der Waals surface area contributed by atoms with Gasteiger partial charge >= 0.3 is 0 Å². The van der Waals surface area contributed by atoms with Crippen LogP contribution in [0.25, 0.3) is 0 Å². The van der Waals surface area contributed by atoms with Crippen molar-refractivity contribution in [2.75, 3.05) is 4.72 Å². The van der Waals surface area contributed by atoms with Crippen molar-refractivity contribution in [2.45, 2.75) is 24.8 Å². The zero-order valence-corrected chi connectivity index (χ0v) is 15.8. The third-order valence-electron chi connectivity index (χ3n) is 3.86. The summed E-state index contributed by atoms with van der Waals surface area (Å²) in [7, 11) is -4.07. The SMILES string of the molecule is Cc1ccc(S(=O)(=O)Nc2ccc(C(=O)N[C@H](C)C(N)=O)cc2)cc1[N+](=O)[O-]. The van der Waals surface area contributed by atoms with Gasteiger partial charge in [0.05, 0.1) is 9.82 Å². The van der Waals surface area contributed by atoms with E-state index in [9.17, 15) is 28.1 Å². The summed E-state index contributed by atoms with van der Waals surface area (Å²) in [6.07, 6.45) is 0. The number of anilines is 1. The molecule has 0 radical (unpaired) electrons. The highest BCUT2D eigenvalue weighted by Gasteiger charge is 2.20. The summed E-state index contributed by atoms with van der Waals surface area (Å²) < 4.78 is 27.2. The fourth-order valence-corrected chi connectivity index (χ4v) is 3.29. The molecule has 0 aliphatic carbocycles. The van der Waals surface area contributed by atoms with Crippen molar-refractivity contribution in [3.63, 3.8) is 0 Å². The lowest BCUT2D eigenvalue weighted by atomic mass is 10.2. The van der Waals surface area contributed by atoms with Gasteiger partial charge in [0.2, 0.25) is 5.91 Å². The molecule has 0 heterocycles. The van der Waals surface area contributed by atoms with Gasteiger partial charge in [-0.2, -0.15) is 0 Å². The molecular weight excluding hydrogens is 388 g/mol. The minimum atomic E-state index is -4.07. The Morgan fingerprint density at radius 1 is 1.14 bits per heavy atom. The number of aryl methyl sites for hydroxylation is 1. The summed E-state index contributed by atoms with van der Waals surface area (Å²) in [6.45, 7) is 2.94. The van der Waals surface area contributed by atoms with Gasteiger partial charge < -0.3 is 11.1 Å². The number of hydrogen-bond acceptors (Lipinski definition) is 6. The Kier molecular flexibility index (Phi) is 5.99. The number of rotatable bonds is 7. The topological polar surface area (TPSA) is 162 Å². The average Bonchev–Trinajstić information content (AvgIpc) is 2.61. The van der Waals surface area contributed by atoms with Gasteiger partial charge in [-0.3, -0.25) is 24.4 Å². The zero-order chi connectivity index (χ0) is 21.1. The molecular formula is C17H18N4O6S. The van der Waals surface area contributed by atoms with Gasteiger partial charge in [-0.25, -0.2) is 8.42 Å². The van der Waals surface area contributed by atoms with Crippen molar-refractivity contribution < 1.29 is 22.9 Å². The molecule has 0 aliphatic heterocycles. The number of hydrogen-bond donors (Lipinski definition) is 3. The molecule has 10 nitrogen and oxygen atoms in total. The average molecular weight is 406 g/mol. The van der Waals surface area contributed by atoms with E-state index in [1.807, 2.05) is 0 Å². The maximum atomic E-state index is 12.5. The minimum Gasteiger partial charge on any atom is -0.368 e. The highest BCUT2D eigenvalue weighted by Crippen LogP contribution is 2.24. The standard InChI is InChI=1S/C17H18N4O6S/c1-10-3-8-14(9-15(10)21(24)25)28(26,27)20-13-6-4-12(5-7-13)17(23)19-11(2)16(18)22/h3-9,11,20H,1-2H3,(H2,18,22)(H,19,23)/t11-/m1/s1.